The molecule has 8 aliphatic carbocycles. The number of nitrogens with two attached hydrogens (primary N) is 1. The Morgan fingerprint density at radius 2 is 1.11 bits per heavy atom. The van der Waals surface area contributed by atoms with Gasteiger partial charge >= 0.3 is 0 Å². The van der Waals surface area contributed by atoms with Gasteiger partial charge in [-0.2, -0.15) is 0 Å². The SMILES string of the molecule is C[C@@]12CC=CC[C@H]1CC[C@H]1[C@H]2CC[C@]2(C)[C@@H]1CC[C@]2(O)C#Cc1cc([N+](=O)[O-])c(C#C[C@@]2(O)CC[C@@H]3[C@H]4CC[C@@H]5CC=CC[C@@]5(C)[C@@H]4CC[C@]32C)cc1N. The summed E-state index contributed by atoms with van der Waals surface area (Å²) in [6.07, 6.45) is 26.5. The minimum absolute atomic E-state index is 0.154. The van der Waals surface area contributed by atoms with Gasteiger partial charge in [-0.25, -0.2) is 0 Å². The van der Waals surface area contributed by atoms with Gasteiger partial charge in [-0.1, -0.05) is 75.7 Å². The molecule has 6 fully saturated rings. The van der Waals surface area contributed by atoms with Crippen molar-refractivity contribution >= 4 is 11.4 Å². The number of rotatable bonds is 1. The predicted octanol–water partition coefficient (Wildman–Crippen LogP) is 9.76. The first-order valence-electron chi connectivity index (χ1n) is 21.5. The molecule has 6 heteroatoms. The van der Waals surface area contributed by atoms with Crippen LogP contribution in [0.1, 0.15) is 142 Å². The van der Waals surface area contributed by atoms with E-state index in [9.17, 15) is 20.3 Å². The number of aliphatic hydroxyl groups is 2. The van der Waals surface area contributed by atoms with Gasteiger partial charge in [0, 0.05) is 22.6 Å². The zero-order valence-electron chi connectivity index (χ0n) is 33.1. The molecule has 1 aromatic rings. The fourth-order valence-electron chi connectivity index (χ4n) is 15.4. The van der Waals surface area contributed by atoms with Crippen molar-refractivity contribution in [3.8, 4) is 23.7 Å². The summed E-state index contributed by atoms with van der Waals surface area (Å²) < 4.78 is 0. The van der Waals surface area contributed by atoms with Gasteiger partial charge in [0.1, 0.15) is 16.8 Å². The molecule has 0 heterocycles. The van der Waals surface area contributed by atoms with Crippen molar-refractivity contribution < 1.29 is 15.1 Å². The number of nitrogens with zero attached hydrogens (tertiary/aromatic N) is 1. The molecule has 0 spiro atoms. The highest BCUT2D eigenvalue weighted by atomic mass is 16.6. The van der Waals surface area contributed by atoms with Crippen molar-refractivity contribution in [2.45, 2.75) is 142 Å². The zero-order chi connectivity index (χ0) is 37.9. The third-order valence-corrected chi connectivity index (χ3v) is 18.9. The van der Waals surface area contributed by atoms with Gasteiger partial charge in [-0.3, -0.25) is 10.1 Å². The number of fused-ring (bicyclic) bond motifs is 10. The molecule has 0 bridgehead atoms. The van der Waals surface area contributed by atoms with E-state index in [-0.39, 0.29) is 22.1 Å². The molecule has 0 saturated heterocycles. The van der Waals surface area contributed by atoms with Crippen molar-refractivity contribution in [1.29, 1.82) is 0 Å². The first-order valence-corrected chi connectivity index (χ1v) is 21.5. The van der Waals surface area contributed by atoms with Crippen molar-refractivity contribution in [3.05, 3.63) is 57.7 Å². The molecule has 288 valence electrons. The molecule has 4 N–H and O–H groups in total. The molecule has 6 saturated carbocycles. The smallest absolute Gasteiger partial charge is 0.286 e. The average molecular weight is 731 g/mol. The standard InChI is InChI=1S/C48H62N2O4/c1-43-21-7-5-9-33(43)11-13-35-37(43)17-23-45(3)39(35)19-27-47(45,51)25-15-31-30-42(50(53)54)32(29-41(31)49)16-26-48(52)28-20-40-36-14-12-34-10-6-8-22-44(34,2)38(36)18-24-46(40,48)4/h5-8,29-30,33-40,51-52H,9-14,17-24,27-28,49H2,1-4H3/t33-,34-,35-,36-,37+,38+,39+,40+,43+,44+,45+,46+,47+,48+/m0/s1. The number of hydrogen-bond donors (Lipinski definition) is 3. The van der Waals surface area contributed by atoms with Crippen LogP contribution in [0.3, 0.4) is 0 Å². The molecule has 0 aromatic heterocycles. The molecule has 8 aliphatic rings. The number of allylic oxidation sites excluding steroid dienone is 4. The Morgan fingerprint density at radius 1 is 0.648 bits per heavy atom. The summed E-state index contributed by atoms with van der Waals surface area (Å²) >= 11 is 0. The van der Waals surface area contributed by atoms with E-state index < -0.39 is 16.1 Å². The molecule has 0 radical (unpaired) electrons. The minimum Gasteiger partial charge on any atom is -0.398 e. The Kier molecular flexibility index (Phi) is 8.44. The van der Waals surface area contributed by atoms with Crippen molar-refractivity contribution in [3.63, 3.8) is 0 Å². The van der Waals surface area contributed by atoms with E-state index in [0.717, 1.165) is 56.8 Å². The van der Waals surface area contributed by atoms with Gasteiger partial charge in [0.05, 0.1) is 10.5 Å². The van der Waals surface area contributed by atoms with Crippen LogP contribution in [0.15, 0.2) is 36.4 Å². The monoisotopic (exact) mass is 730 g/mol. The van der Waals surface area contributed by atoms with Gasteiger partial charge < -0.3 is 15.9 Å². The van der Waals surface area contributed by atoms with Crippen LogP contribution >= 0.6 is 0 Å². The van der Waals surface area contributed by atoms with E-state index >= 15 is 0 Å². The Labute approximate surface area is 323 Å². The molecule has 0 amide bonds. The van der Waals surface area contributed by atoms with Gasteiger partial charge in [0.15, 0.2) is 0 Å². The third-order valence-electron chi connectivity index (χ3n) is 18.9. The lowest BCUT2D eigenvalue weighted by atomic mass is 9.45. The second kappa shape index (κ2) is 12.5. The summed E-state index contributed by atoms with van der Waals surface area (Å²) in [6.45, 7) is 9.53. The number of anilines is 1. The highest BCUT2D eigenvalue weighted by Crippen LogP contribution is 2.69. The summed E-state index contributed by atoms with van der Waals surface area (Å²) in [6, 6.07) is 3.00. The molecule has 0 unspecified atom stereocenters. The van der Waals surface area contributed by atoms with Crippen LogP contribution in [-0.4, -0.2) is 26.3 Å². The Hall–Kier alpha value is -3.06. The van der Waals surface area contributed by atoms with Crippen LogP contribution in [0.25, 0.3) is 0 Å². The van der Waals surface area contributed by atoms with E-state index in [1.807, 2.05) is 0 Å². The predicted molar refractivity (Wildman–Crippen MR) is 214 cm³/mol. The van der Waals surface area contributed by atoms with E-state index in [1.54, 1.807) is 6.07 Å². The quantitative estimate of drug-likeness (QED) is 0.0877. The lowest BCUT2D eigenvalue weighted by Crippen LogP contribution is -2.55. The Morgan fingerprint density at radius 3 is 1.59 bits per heavy atom. The Balaban J connectivity index is 0.963. The highest BCUT2D eigenvalue weighted by Gasteiger charge is 2.65. The fourth-order valence-corrected chi connectivity index (χ4v) is 15.4. The van der Waals surface area contributed by atoms with Crippen LogP contribution in [0, 0.1) is 103 Å². The lowest BCUT2D eigenvalue weighted by molar-refractivity contribution is -0.385. The van der Waals surface area contributed by atoms with Crippen LogP contribution in [0.5, 0.6) is 0 Å². The molecule has 6 nitrogen and oxygen atoms in total. The molecule has 1 aromatic carbocycles. The first kappa shape index (κ1) is 36.6. The summed E-state index contributed by atoms with van der Waals surface area (Å²) in [4.78, 5) is 12.1. The molecule has 9 rings (SSSR count). The number of hydrogen-bond acceptors (Lipinski definition) is 5. The maximum absolute atomic E-state index is 12.5. The second-order valence-electron chi connectivity index (χ2n) is 20.6. The van der Waals surface area contributed by atoms with Crippen molar-refractivity contribution in [1.82, 2.24) is 0 Å². The van der Waals surface area contributed by atoms with Crippen molar-refractivity contribution in [2.75, 3.05) is 5.73 Å². The van der Waals surface area contributed by atoms with E-state index in [0.29, 0.717) is 70.4 Å². The molecular weight excluding hydrogens is 669 g/mol. The van der Waals surface area contributed by atoms with Gasteiger partial charge in [0.25, 0.3) is 5.69 Å². The van der Waals surface area contributed by atoms with Gasteiger partial charge in [-0.15, -0.1) is 0 Å². The highest BCUT2D eigenvalue weighted by molar-refractivity contribution is 5.67. The topological polar surface area (TPSA) is 110 Å². The average Bonchev–Trinajstić information content (AvgIpc) is 3.58. The summed E-state index contributed by atoms with van der Waals surface area (Å²) in [5.74, 6) is 17.7. The molecule has 14 atom stereocenters. The molecule has 0 aliphatic heterocycles. The van der Waals surface area contributed by atoms with E-state index in [2.05, 4.69) is 75.7 Å². The van der Waals surface area contributed by atoms with E-state index in [1.165, 1.54) is 51.0 Å². The molecule has 54 heavy (non-hydrogen) atoms. The zero-order valence-corrected chi connectivity index (χ0v) is 33.1. The number of nitro benzene ring substituents is 1. The normalized spacial score (nSPS) is 48.3. The summed E-state index contributed by atoms with van der Waals surface area (Å²) in [5, 5.41) is 37.1. The first-order chi connectivity index (χ1) is 25.7. The summed E-state index contributed by atoms with van der Waals surface area (Å²) in [7, 11) is 0. The largest absolute Gasteiger partial charge is 0.398 e. The number of benzene rings is 1. The number of nitrogen functional groups attached to an aromatic ring is 1. The third kappa shape index (κ3) is 5.07. The Bertz CT molecular complexity index is 1930. The number of nitro groups is 1. The fraction of sp³-hybridized carbons (Fsp3) is 0.708. The maximum atomic E-state index is 12.5. The van der Waals surface area contributed by atoms with Crippen LogP contribution in [-0.2, 0) is 0 Å². The van der Waals surface area contributed by atoms with Crippen LogP contribution in [0.4, 0.5) is 11.4 Å². The minimum atomic E-state index is -1.21. The lowest BCUT2D eigenvalue weighted by Gasteiger charge is -2.60. The maximum Gasteiger partial charge on any atom is 0.286 e. The van der Waals surface area contributed by atoms with E-state index in [4.69, 9.17) is 5.73 Å². The van der Waals surface area contributed by atoms with Gasteiger partial charge in [-0.05, 0) is 167 Å². The molecular formula is C48H62N2O4. The van der Waals surface area contributed by atoms with Gasteiger partial charge in [0.2, 0.25) is 0 Å². The second-order valence-corrected chi connectivity index (χ2v) is 20.6. The van der Waals surface area contributed by atoms with Crippen LogP contribution in [0.2, 0.25) is 0 Å². The van der Waals surface area contributed by atoms with Crippen LogP contribution < -0.4 is 5.73 Å². The van der Waals surface area contributed by atoms with Crippen molar-refractivity contribution in [2.24, 2.45) is 69.0 Å². The summed E-state index contributed by atoms with van der Waals surface area (Å²) in [5.41, 5.74) is 4.94.